The minimum absolute atomic E-state index is 0.292. The molecule has 0 amide bonds. The number of hydrogen-bond donors (Lipinski definition) is 1. The highest BCUT2D eigenvalue weighted by Crippen LogP contribution is 2.25. The highest BCUT2D eigenvalue weighted by Gasteiger charge is 2.21. The number of nitrogens with one attached hydrogen (secondary N) is 1. The predicted molar refractivity (Wildman–Crippen MR) is 75.2 cm³/mol. The summed E-state index contributed by atoms with van der Waals surface area (Å²) in [6, 6.07) is 4.19. The number of nitriles is 1. The monoisotopic (exact) mass is 247 g/mol. The summed E-state index contributed by atoms with van der Waals surface area (Å²) in [6.45, 7) is 12.9. The predicted octanol–water partition coefficient (Wildman–Crippen LogP) is 2.98. The first kappa shape index (κ1) is 14.8. The molecule has 100 valence electrons. The first-order valence-electron chi connectivity index (χ1n) is 6.55. The van der Waals surface area contributed by atoms with Crippen LogP contribution in [0.15, 0.2) is 6.07 Å². The van der Waals surface area contributed by atoms with Crippen LogP contribution in [0.4, 0.5) is 0 Å². The zero-order chi connectivity index (χ0) is 13.9. The highest BCUT2D eigenvalue weighted by atomic mass is 15.0. The van der Waals surface area contributed by atoms with Crippen LogP contribution < -0.4 is 5.32 Å². The van der Waals surface area contributed by atoms with Crippen LogP contribution in [0.3, 0.4) is 0 Å². The molecular formula is C15H25N3. The van der Waals surface area contributed by atoms with Crippen molar-refractivity contribution < 1.29 is 0 Å². The Hall–Kier alpha value is -1.27. The van der Waals surface area contributed by atoms with E-state index < -0.39 is 0 Å². The van der Waals surface area contributed by atoms with Crippen molar-refractivity contribution in [1.29, 1.82) is 5.26 Å². The van der Waals surface area contributed by atoms with Gasteiger partial charge in [-0.3, -0.25) is 0 Å². The van der Waals surface area contributed by atoms with Crippen LogP contribution in [-0.2, 0) is 13.6 Å². The van der Waals surface area contributed by atoms with Crippen molar-refractivity contribution >= 4 is 0 Å². The van der Waals surface area contributed by atoms with Crippen LogP contribution in [0.25, 0.3) is 0 Å². The summed E-state index contributed by atoms with van der Waals surface area (Å²) >= 11 is 0. The lowest BCUT2D eigenvalue weighted by atomic mass is 9.81. The minimum Gasteiger partial charge on any atom is -0.340 e. The van der Waals surface area contributed by atoms with Crippen molar-refractivity contribution in [2.75, 3.05) is 6.54 Å². The van der Waals surface area contributed by atoms with Crippen molar-refractivity contribution in [1.82, 2.24) is 9.88 Å². The van der Waals surface area contributed by atoms with E-state index >= 15 is 0 Å². The summed E-state index contributed by atoms with van der Waals surface area (Å²) in [7, 11) is 1.94. The first-order valence-corrected chi connectivity index (χ1v) is 6.55. The van der Waals surface area contributed by atoms with Crippen LogP contribution in [0.1, 0.15) is 44.6 Å². The van der Waals surface area contributed by atoms with E-state index in [4.69, 9.17) is 5.26 Å². The molecule has 0 saturated heterocycles. The molecule has 0 aliphatic rings. The summed E-state index contributed by atoms with van der Waals surface area (Å²) in [4.78, 5) is 0. The fraction of sp³-hybridized carbons (Fsp3) is 0.667. The quantitative estimate of drug-likeness (QED) is 0.869. The van der Waals surface area contributed by atoms with Crippen LogP contribution in [0.5, 0.6) is 0 Å². The van der Waals surface area contributed by atoms with Crippen LogP contribution in [-0.4, -0.2) is 11.1 Å². The van der Waals surface area contributed by atoms with Gasteiger partial charge in [-0.25, -0.2) is 0 Å². The molecule has 0 saturated carbocycles. The van der Waals surface area contributed by atoms with Gasteiger partial charge in [0.15, 0.2) is 0 Å². The Labute approximate surface area is 111 Å². The summed E-state index contributed by atoms with van der Waals surface area (Å²) < 4.78 is 1.95. The van der Waals surface area contributed by atoms with Crippen LogP contribution in [0.2, 0.25) is 0 Å². The molecule has 3 heteroatoms. The molecule has 0 aromatic carbocycles. The van der Waals surface area contributed by atoms with Crippen molar-refractivity contribution in [3.05, 3.63) is 23.0 Å². The Balaban J connectivity index is 2.63. The van der Waals surface area contributed by atoms with Gasteiger partial charge in [0, 0.05) is 25.8 Å². The number of aromatic nitrogens is 1. The molecule has 0 fully saturated rings. The SMILES string of the molecule is Cc1c(CNCC(C)(C)C(C)C)cc(C#N)n1C. The Morgan fingerprint density at radius 3 is 2.50 bits per heavy atom. The molecule has 1 aromatic rings. The molecule has 0 aliphatic heterocycles. The third kappa shape index (κ3) is 3.14. The van der Waals surface area contributed by atoms with Gasteiger partial charge < -0.3 is 9.88 Å². The number of nitrogens with zero attached hydrogens (tertiary/aromatic N) is 2. The van der Waals surface area contributed by atoms with Crippen LogP contribution >= 0.6 is 0 Å². The molecule has 0 bridgehead atoms. The topological polar surface area (TPSA) is 40.8 Å². The van der Waals surface area contributed by atoms with Gasteiger partial charge in [-0.1, -0.05) is 27.7 Å². The maximum Gasteiger partial charge on any atom is 0.120 e. The zero-order valence-corrected chi connectivity index (χ0v) is 12.5. The Morgan fingerprint density at radius 1 is 1.44 bits per heavy atom. The fourth-order valence-electron chi connectivity index (χ4n) is 1.77. The molecule has 1 rings (SSSR count). The lowest BCUT2D eigenvalue weighted by Gasteiger charge is -2.29. The molecule has 0 radical (unpaired) electrons. The smallest absolute Gasteiger partial charge is 0.120 e. The molecule has 0 aliphatic carbocycles. The van der Waals surface area contributed by atoms with Gasteiger partial charge in [0.2, 0.25) is 0 Å². The van der Waals surface area contributed by atoms with Crippen molar-refractivity contribution in [3.63, 3.8) is 0 Å². The Morgan fingerprint density at radius 2 is 2.06 bits per heavy atom. The average molecular weight is 247 g/mol. The second-order valence-electron chi connectivity index (χ2n) is 6.06. The van der Waals surface area contributed by atoms with E-state index in [1.807, 2.05) is 17.7 Å². The standard InChI is InChI=1S/C15H25N3/c1-11(2)15(4,5)10-17-9-13-7-14(8-16)18(6)12(13)3/h7,11,17H,9-10H2,1-6H3. The summed E-state index contributed by atoms with van der Waals surface area (Å²) in [5.74, 6) is 0.650. The summed E-state index contributed by atoms with van der Waals surface area (Å²) in [5.41, 5.74) is 3.41. The molecule has 1 aromatic heterocycles. The second kappa shape index (κ2) is 5.58. The molecular weight excluding hydrogens is 222 g/mol. The molecule has 1 heterocycles. The first-order chi connectivity index (χ1) is 8.29. The molecule has 18 heavy (non-hydrogen) atoms. The van der Waals surface area contributed by atoms with Crippen LogP contribution in [0, 0.1) is 29.6 Å². The van der Waals surface area contributed by atoms with Gasteiger partial charge in [-0.05, 0) is 29.9 Å². The lowest BCUT2D eigenvalue weighted by molar-refractivity contribution is 0.238. The van der Waals surface area contributed by atoms with Crippen molar-refractivity contribution in [2.24, 2.45) is 18.4 Å². The van der Waals surface area contributed by atoms with Crippen molar-refractivity contribution in [2.45, 2.75) is 41.2 Å². The van der Waals surface area contributed by atoms with Gasteiger partial charge in [0.1, 0.15) is 11.8 Å². The van der Waals surface area contributed by atoms with Gasteiger partial charge in [0.25, 0.3) is 0 Å². The van der Waals surface area contributed by atoms with Gasteiger partial charge in [-0.15, -0.1) is 0 Å². The highest BCUT2D eigenvalue weighted by molar-refractivity contribution is 5.34. The Bertz CT molecular complexity index is 447. The second-order valence-corrected chi connectivity index (χ2v) is 6.06. The van der Waals surface area contributed by atoms with Gasteiger partial charge in [0.05, 0.1) is 0 Å². The summed E-state index contributed by atoms with van der Waals surface area (Å²) in [6.07, 6.45) is 0. The summed E-state index contributed by atoms with van der Waals surface area (Å²) in [5, 5.41) is 12.5. The van der Waals surface area contributed by atoms with E-state index in [0.29, 0.717) is 11.3 Å². The lowest BCUT2D eigenvalue weighted by Crippen LogP contribution is -2.33. The molecule has 0 unspecified atom stereocenters. The molecule has 1 N–H and O–H groups in total. The van der Waals surface area contributed by atoms with E-state index in [0.717, 1.165) is 18.8 Å². The number of rotatable bonds is 5. The third-order valence-electron chi connectivity index (χ3n) is 4.21. The maximum absolute atomic E-state index is 8.99. The Kier molecular flexibility index (Phi) is 4.59. The number of hydrogen-bond acceptors (Lipinski definition) is 2. The van der Waals surface area contributed by atoms with E-state index in [9.17, 15) is 0 Å². The normalized spacial score (nSPS) is 11.9. The zero-order valence-electron chi connectivity index (χ0n) is 12.5. The fourth-order valence-corrected chi connectivity index (χ4v) is 1.77. The minimum atomic E-state index is 0.292. The molecule has 0 spiro atoms. The average Bonchev–Trinajstić information content (AvgIpc) is 2.56. The van der Waals surface area contributed by atoms with E-state index in [1.165, 1.54) is 11.3 Å². The largest absolute Gasteiger partial charge is 0.340 e. The van der Waals surface area contributed by atoms with E-state index in [2.05, 4.69) is 46.0 Å². The molecule has 3 nitrogen and oxygen atoms in total. The van der Waals surface area contributed by atoms with E-state index in [-0.39, 0.29) is 0 Å². The molecule has 0 atom stereocenters. The van der Waals surface area contributed by atoms with Gasteiger partial charge in [-0.2, -0.15) is 5.26 Å². The third-order valence-corrected chi connectivity index (χ3v) is 4.21. The van der Waals surface area contributed by atoms with Crippen molar-refractivity contribution in [3.8, 4) is 6.07 Å². The maximum atomic E-state index is 8.99. The van der Waals surface area contributed by atoms with E-state index in [1.54, 1.807) is 0 Å². The van der Waals surface area contributed by atoms with Gasteiger partial charge >= 0.3 is 0 Å².